The van der Waals surface area contributed by atoms with E-state index in [0.29, 0.717) is 6.54 Å². The van der Waals surface area contributed by atoms with Gasteiger partial charge in [0.25, 0.3) is 0 Å². The summed E-state index contributed by atoms with van der Waals surface area (Å²) in [5.41, 5.74) is 3.00. The lowest BCUT2D eigenvalue weighted by molar-refractivity contribution is 0.238. The molecule has 0 heterocycles. The molecule has 0 saturated heterocycles. The normalized spacial score (nSPS) is 11.3. The molecule has 0 aliphatic rings. The Balaban J connectivity index is 2.70. The predicted octanol–water partition coefficient (Wildman–Crippen LogP) is 1.92. The van der Waals surface area contributed by atoms with E-state index in [1.165, 1.54) is 0 Å². The zero-order valence-electron chi connectivity index (χ0n) is 12.0. The van der Waals surface area contributed by atoms with E-state index in [4.69, 9.17) is 10.6 Å². The van der Waals surface area contributed by atoms with Crippen molar-refractivity contribution >= 4 is 6.03 Å². The lowest BCUT2D eigenvalue weighted by Crippen LogP contribution is -2.44. The van der Waals surface area contributed by atoms with Gasteiger partial charge in [-0.05, 0) is 31.5 Å². The van der Waals surface area contributed by atoms with Crippen molar-refractivity contribution in [3.63, 3.8) is 0 Å². The Kier molecular flexibility index (Phi) is 5.18. The van der Waals surface area contributed by atoms with Crippen molar-refractivity contribution in [3.05, 3.63) is 29.8 Å². The molecule has 1 aromatic carbocycles. The molecule has 106 valence electrons. The zero-order chi connectivity index (χ0) is 14.5. The summed E-state index contributed by atoms with van der Waals surface area (Å²) in [4.78, 5) is 11.1. The fraction of sp³-hybridized carbons (Fsp3) is 0.500. The van der Waals surface area contributed by atoms with Gasteiger partial charge in [-0.3, -0.25) is 5.43 Å². The van der Waals surface area contributed by atoms with E-state index in [0.717, 1.165) is 11.3 Å². The first-order chi connectivity index (χ1) is 8.85. The molecule has 0 fully saturated rings. The third kappa shape index (κ3) is 4.79. The van der Waals surface area contributed by atoms with Crippen LogP contribution in [0.5, 0.6) is 5.75 Å². The number of hydrazine groups is 1. The number of ether oxygens (including phenoxy) is 1. The third-order valence-electron chi connectivity index (χ3n) is 2.83. The topological polar surface area (TPSA) is 76.4 Å². The van der Waals surface area contributed by atoms with Gasteiger partial charge < -0.3 is 10.1 Å². The average Bonchev–Trinajstić information content (AvgIpc) is 2.36. The van der Waals surface area contributed by atoms with Gasteiger partial charge in [0.2, 0.25) is 0 Å². The molecule has 5 heteroatoms. The summed E-state index contributed by atoms with van der Waals surface area (Å²) in [6, 6.07) is 7.53. The number of urea groups is 1. The Bertz CT molecular complexity index is 413. The van der Waals surface area contributed by atoms with Gasteiger partial charge in [-0.1, -0.05) is 26.0 Å². The Morgan fingerprint density at radius 3 is 2.37 bits per heavy atom. The maximum atomic E-state index is 11.1. The number of hydrogen-bond acceptors (Lipinski definition) is 3. The van der Waals surface area contributed by atoms with Crippen LogP contribution in [-0.2, 0) is 5.41 Å². The van der Waals surface area contributed by atoms with E-state index in [-0.39, 0.29) is 17.6 Å². The molecule has 0 saturated carbocycles. The van der Waals surface area contributed by atoms with E-state index >= 15 is 0 Å². The molecule has 4 N–H and O–H groups in total. The maximum absolute atomic E-state index is 11.1. The Morgan fingerprint density at radius 1 is 1.32 bits per heavy atom. The molecular formula is C14H23N3O2. The molecule has 0 unspecified atom stereocenters. The van der Waals surface area contributed by atoms with Crippen molar-refractivity contribution in [2.75, 3.05) is 6.54 Å². The highest BCUT2D eigenvalue weighted by Crippen LogP contribution is 2.24. The van der Waals surface area contributed by atoms with Crippen LogP contribution < -0.4 is 21.3 Å². The number of amides is 2. The van der Waals surface area contributed by atoms with Crippen LogP contribution in [0.25, 0.3) is 0 Å². The van der Waals surface area contributed by atoms with Crippen LogP contribution in [0, 0.1) is 0 Å². The number of nitrogens with one attached hydrogen (secondary N) is 2. The Labute approximate surface area is 114 Å². The summed E-state index contributed by atoms with van der Waals surface area (Å²) in [5, 5.41) is 2.71. The summed E-state index contributed by atoms with van der Waals surface area (Å²) in [7, 11) is 0. The molecule has 2 amide bonds. The van der Waals surface area contributed by atoms with E-state index in [1.807, 2.05) is 43.5 Å². The number of rotatable bonds is 5. The van der Waals surface area contributed by atoms with E-state index in [9.17, 15) is 4.79 Å². The SMILES string of the molecule is CC(C)Oc1ccc(C(C)(C)CNC(=O)NN)cc1. The lowest BCUT2D eigenvalue weighted by Gasteiger charge is -2.25. The summed E-state index contributed by atoms with van der Waals surface area (Å²) in [6.07, 6.45) is 0.161. The Morgan fingerprint density at radius 2 is 1.89 bits per heavy atom. The van der Waals surface area contributed by atoms with E-state index in [2.05, 4.69) is 19.2 Å². The number of benzene rings is 1. The van der Waals surface area contributed by atoms with Crippen LogP contribution in [0.15, 0.2) is 24.3 Å². The van der Waals surface area contributed by atoms with Gasteiger partial charge in [0.05, 0.1) is 6.10 Å². The highest BCUT2D eigenvalue weighted by molar-refractivity contribution is 5.73. The van der Waals surface area contributed by atoms with Crippen molar-refractivity contribution in [1.82, 2.24) is 10.7 Å². The number of carbonyl (C=O) groups excluding carboxylic acids is 1. The minimum atomic E-state index is -0.382. The molecule has 1 rings (SSSR count). The summed E-state index contributed by atoms with van der Waals surface area (Å²) in [5.74, 6) is 5.88. The predicted molar refractivity (Wildman–Crippen MR) is 76.0 cm³/mol. The van der Waals surface area contributed by atoms with Crippen molar-refractivity contribution in [1.29, 1.82) is 0 Å². The quantitative estimate of drug-likeness (QED) is 0.432. The Hall–Kier alpha value is -1.75. The van der Waals surface area contributed by atoms with Gasteiger partial charge in [0.15, 0.2) is 0 Å². The molecule has 0 radical (unpaired) electrons. The van der Waals surface area contributed by atoms with Gasteiger partial charge in [0.1, 0.15) is 5.75 Å². The van der Waals surface area contributed by atoms with Crippen molar-refractivity contribution in [2.45, 2.75) is 39.2 Å². The monoisotopic (exact) mass is 265 g/mol. The number of carbonyl (C=O) groups is 1. The maximum Gasteiger partial charge on any atom is 0.328 e. The molecule has 0 spiro atoms. The summed E-state index contributed by atoms with van der Waals surface area (Å²) in [6.45, 7) is 8.60. The fourth-order valence-corrected chi connectivity index (χ4v) is 1.71. The first kappa shape index (κ1) is 15.3. The second-order valence-electron chi connectivity index (χ2n) is 5.40. The fourth-order valence-electron chi connectivity index (χ4n) is 1.71. The highest BCUT2D eigenvalue weighted by atomic mass is 16.5. The second kappa shape index (κ2) is 6.43. The average molecular weight is 265 g/mol. The molecule has 0 aliphatic heterocycles. The van der Waals surface area contributed by atoms with Crippen LogP contribution in [0.1, 0.15) is 33.3 Å². The van der Waals surface area contributed by atoms with E-state index < -0.39 is 0 Å². The van der Waals surface area contributed by atoms with Crippen LogP contribution >= 0.6 is 0 Å². The van der Waals surface area contributed by atoms with Crippen molar-refractivity contribution < 1.29 is 9.53 Å². The number of hydrogen-bond donors (Lipinski definition) is 3. The zero-order valence-corrected chi connectivity index (χ0v) is 12.0. The minimum Gasteiger partial charge on any atom is -0.491 e. The summed E-state index contributed by atoms with van der Waals surface area (Å²) >= 11 is 0. The molecule has 0 aromatic heterocycles. The molecule has 0 bridgehead atoms. The molecule has 0 atom stereocenters. The first-order valence-corrected chi connectivity index (χ1v) is 6.37. The van der Waals surface area contributed by atoms with Gasteiger partial charge in [0, 0.05) is 12.0 Å². The van der Waals surface area contributed by atoms with Crippen LogP contribution in [0.4, 0.5) is 4.79 Å². The molecule has 19 heavy (non-hydrogen) atoms. The largest absolute Gasteiger partial charge is 0.491 e. The lowest BCUT2D eigenvalue weighted by atomic mass is 9.84. The van der Waals surface area contributed by atoms with Crippen molar-refractivity contribution in [2.24, 2.45) is 5.84 Å². The van der Waals surface area contributed by atoms with Crippen LogP contribution in [0.2, 0.25) is 0 Å². The first-order valence-electron chi connectivity index (χ1n) is 6.37. The third-order valence-corrected chi connectivity index (χ3v) is 2.83. The van der Waals surface area contributed by atoms with Crippen LogP contribution in [-0.4, -0.2) is 18.7 Å². The van der Waals surface area contributed by atoms with Gasteiger partial charge >= 0.3 is 6.03 Å². The standard InChI is InChI=1S/C14H23N3O2/c1-10(2)19-12-7-5-11(6-8-12)14(3,4)9-16-13(18)17-15/h5-8,10H,9,15H2,1-4H3,(H2,16,17,18). The molecule has 5 nitrogen and oxygen atoms in total. The highest BCUT2D eigenvalue weighted by Gasteiger charge is 2.21. The second-order valence-corrected chi connectivity index (χ2v) is 5.40. The minimum absolute atomic E-state index is 0.161. The number of nitrogens with two attached hydrogens (primary N) is 1. The molecule has 1 aromatic rings. The molecule has 0 aliphatic carbocycles. The smallest absolute Gasteiger partial charge is 0.328 e. The van der Waals surface area contributed by atoms with E-state index in [1.54, 1.807) is 0 Å². The molecular weight excluding hydrogens is 242 g/mol. The van der Waals surface area contributed by atoms with Crippen LogP contribution in [0.3, 0.4) is 0 Å². The van der Waals surface area contributed by atoms with Gasteiger partial charge in [-0.25, -0.2) is 10.6 Å². The summed E-state index contributed by atoms with van der Waals surface area (Å²) < 4.78 is 5.60. The van der Waals surface area contributed by atoms with Gasteiger partial charge in [-0.15, -0.1) is 0 Å². The van der Waals surface area contributed by atoms with Gasteiger partial charge in [-0.2, -0.15) is 0 Å². The van der Waals surface area contributed by atoms with Crippen molar-refractivity contribution in [3.8, 4) is 5.75 Å².